The number of ether oxygens (including phenoxy) is 2. The third kappa shape index (κ3) is 9.84. The van der Waals surface area contributed by atoms with Crippen LogP contribution in [0.5, 0.6) is 0 Å². The zero-order chi connectivity index (χ0) is 28.2. The fraction of sp³-hybridized carbons (Fsp3) is 0.727. The predicted molar refractivity (Wildman–Crippen MR) is 160 cm³/mol. The Balaban J connectivity index is 1.17. The van der Waals surface area contributed by atoms with Crippen molar-refractivity contribution in [3.05, 3.63) is 47.5 Å². The molecule has 3 fully saturated rings. The van der Waals surface area contributed by atoms with Crippen molar-refractivity contribution in [2.45, 2.75) is 101 Å². The zero-order valence-corrected chi connectivity index (χ0v) is 24.9. The molecule has 1 unspecified atom stereocenters. The third-order valence-corrected chi connectivity index (χ3v) is 9.69. The van der Waals surface area contributed by atoms with E-state index in [9.17, 15) is 15.0 Å². The van der Waals surface area contributed by atoms with E-state index in [1.165, 1.54) is 32.1 Å². The molecule has 1 heterocycles. The van der Waals surface area contributed by atoms with Crippen LogP contribution in [-0.2, 0) is 14.3 Å². The van der Waals surface area contributed by atoms with Gasteiger partial charge < -0.3 is 19.7 Å². The van der Waals surface area contributed by atoms with Gasteiger partial charge in [0.2, 0.25) is 0 Å². The maximum absolute atomic E-state index is 12.0. The summed E-state index contributed by atoms with van der Waals surface area (Å²) in [6.45, 7) is 4.52. The first-order valence-electron chi connectivity index (χ1n) is 15.7. The van der Waals surface area contributed by atoms with Crippen LogP contribution in [0.25, 0.3) is 0 Å². The highest BCUT2D eigenvalue weighted by atomic mass is 35.5. The number of hydrogen-bond acceptors (Lipinski definition) is 6. The molecule has 3 aliphatic rings. The second kappa shape index (κ2) is 16.9. The lowest BCUT2D eigenvalue weighted by molar-refractivity contribution is -0.144. The first kappa shape index (κ1) is 31.5. The molecule has 0 aromatic heterocycles. The highest BCUT2D eigenvalue weighted by Gasteiger charge is 2.41. The molecule has 1 aromatic rings. The van der Waals surface area contributed by atoms with Crippen molar-refractivity contribution in [2.75, 3.05) is 39.5 Å². The van der Waals surface area contributed by atoms with Crippen LogP contribution in [0.4, 0.5) is 0 Å². The molecule has 1 saturated heterocycles. The fourth-order valence-electron chi connectivity index (χ4n) is 6.72. The van der Waals surface area contributed by atoms with Crippen LogP contribution in [0, 0.1) is 11.8 Å². The van der Waals surface area contributed by atoms with Crippen molar-refractivity contribution < 1.29 is 24.5 Å². The summed E-state index contributed by atoms with van der Waals surface area (Å²) in [5.74, 6) is 0.774. The van der Waals surface area contributed by atoms with Gasteiger partial charge in [-0.3, -0.25) is 9.69 Å². The van der Waals surface area contributed by atoms with E-state index in [2.05, 4.69) is 29.2 Å². The van der Waals surface area contributed by atoms with E-state index in [0.717, 1.165) is 82.0 Å². The molecule has 0 spiro atoms. The molecule has 224 valence electrons. The third-order valence-electron chi connectivity index (χ3n) is 9.19. The second-order valence-corrected chi connectivity index (χ2v) is 12.6. The summed E-state index contributed by atoms with van der Waals surface area (Å²) < 4.78 is 10.7. The SMILES string of the molecule is O=C(CCC/C=C\C[C@@H]1[C@@H](c2ccc(C(O)CCC3CCCCC3)cc2)[C@H](O)C[C@H]1Cl)OCCN1CCOCC1. The van der Waals surface area contributed by atoms with E-state index in [0.29, 0.717) is 19.4 Å². The van der Waals surface area contributed by atoms with Gasteiger partial charge >= 0.3 is 5.97 Å². The molecule has 1 aliphatic heterocycles. The molecule has 2 N–H and O–H groups in total. The van der Waals surface area contributed by atoms with E-state index in [1.807, 2.05) is 12.1 Å². The van der Waals surface area contributed by atoms with Crippen LogP contribution in [0.1, 0.15) is 100 Å². The van der Waals surface area contributed by atoms with E-state index >= 15 is 0 Å². The standard InChI is InChI=1S/C33H50ClNO5/c34-29-24-31(37)33(27-15-13-26(14-16-27)30(36)17-12-25-8-4-3-5-9-25)28(29)10-6-1-2-7-11-32(38)40-23-20-35-18-21-39-22-19-35/h1,6,13-16,25,28-31,33,36-37H,2-5,7-12,17-24H2/b6-1-/t28-,29+,30?,31+,33+/m0/s1. The summed E-state index contributed by atoms with van der Waals surface area (Å²) in [5, 5.41) is 21.5. The quantitative estimate of drug-likeness (QED) is 0.120. The van der Waals surface area contributed by atoms with Gasteiger partial charge in [-0.05, 0) is 61.5 Å². The molecule has 0 bridgehead atoms. The van der Waals surface area contributed by atoms with E-state index in [1.54, 1.807) is 0 Å². The van der Waals surface area contributed by atoms with Crippen molar-refractivity contribution in [1.82, 2.24) is 4.90 Å². The monoisotopic (exact) mass is 575 g/mol. The Morgan fingerprint density at radius 3 is 2.62 bits per heavy atom. The molecular formula is C33H50ClNO5. The molecular weight excluding hydrogens is 526 g/mol. The molecule has 2 aliphatic carbocycles. The summed E-state index contributed by atoms with van der Waals surface area (Å²) >= 11 is 6.70. The lowest BCUT2D eigenvalue weighted by Gasteiger charge is -2.26. The molecule has 5 atom stereocenters. The van der Waals surface area contributed by atoms with Crippen LogP contribution < -0.4 is 0 Å². The summed E-state index contributed by atoms with van der Waals surface area (Å²) in [7, 11) is 0. The van der Waals surface area contributed by atoms with Crippen LogP contribution in [0.3, 0.4) is 0 Å². The van der Waals surface area contributed by atoms with Gasteiger partial charge in [-0.1, -0.05) is 68.5 Å². The number of benzene rings is 1. The van der Waals surface area contributed by atoms with E-state index in [-0.39, 0.29) is 23.2 Å². The molecule has 2 saturated carbocycles. The lowest BCUT2D eigenvalue weighted by atomic mass is 9.83. The van der Waals surface area contributed by atoms with Crippen molar-refractivity contribution in [1.29, 1.82) is 0 Å². The number of carbonyl (C=O) groups excluding carboxylic acids is 1. The maximum Gasteiger partial charge on any atom is 0.305 e. The van der Waals surface area contributed by atoms with Gasteiger partial charge in [0, 0.05) is 37.4 Å². The van der Waals surface area contributed by atoms with E-state index < -0.39 is 12.2 Å². The molecule has 4 rings (SSSR count). The molecule has 1 aromatic carbocycles. The Morgan fingerprint density at radius 1 is 1.12 bits per heavy atom. The van der Waals surface area contributed by atoms with Crippen LogP contribution in [0.15, 0.2) is 36.4 Å². The molecule has 7 heteroatoms. The smallest absolute Gasteiger partial charge is 0.305 e. The number of carbonyl (C=O) groups is 1. The number of hydrogen-bond donors (Lipinski definition) is 2. The van der Waals surface area contributed by atoms with Gasteiger partial charge in [-0.15, -0.1) is 11.6 Å². The summed E-state index contributed by atoms with van der Waals surface area (Å²) in [4.78, 5) is 14.3. The number of nitrogens with zero attached hydrogens (tertiary/aromatic N) is 1. The Labute approximate surface area is 246 Å². The van der Waals surface area contributed by atoms with Gasteiger partial charge in [0.25, 0.3) is 0 Å². The Hall–Kier alpha value is -1.44. The molecule has 0 amide bonds. The fourth-order valence-corrected chi connectivity index (χ4v) is 7.17. The largest absolute Gasteiger partial charge is 0.464 e. The number of rotatable bonds is 14. The van der Waals surface area contributed by atoms with Crippen molar-refractivity contribution in [3.8, 4) is 0 Å². The van der Waals surface area contributed by atoms with Gasteiger partial charge in [0.15, 0.2) is 0 Å². The number of esters is 1. The predicted octanol–water partition coefficient (Wildman–Crippen LogP) is 6.14. The first-order chi connectivity index (χ1) is 19.5. The number of aliphatic hydroxyl groups excluding tert-OH is 2. The Kier molecular flexibility index (Phi) is 13.3. The Bertz CT molecular complexity index is 897. The number of alkyl halides is 1. The molecule has 6 nitrogen and oxygen atoms in total. The molecule has 0 radical (unpaired) electrons. The summed E-state index contributed by atoms with van der Waals surface area (Å²) in [5.41, 5.74) is 2.06. The molecule has 40 heavy (non-hydrogen) atoms. The zero-order valence-electron chi connectivity index (χ0n) is 24.1. The minimum atomic E-state index is -0.463. The number of unbranched alkanes of at least 4 members (excludes halogenated alkanes) is 1. The normalized spacial score (nSPS) is 27.3. The maximum atomic E-state index is 12.0. The van der Waals surface area contributed by atoms with Crippen molar-refractivity contribution in [2.24, 2.45) is 11.8 Å². The van der Waals surface area contributed by atoms with Gasteiger partial charge in [-0.2, -0.15) is 0 Å². The van der Waals surface area contributed by atoms with Crippen LogP contribution >= 0.6 is 11.6 Å². The van der Waals surface area contributed by atoms with E-state index in [4.69, 9.17) is 21.1 Å². The van der Waals surface area contributed by atoms with Gasteiger partial charge in [0.1, 0.15) is 6.61 Å². The second-order valence-electron chi connectivity index (χ2n) is 12.0. The summed E-state index contributed by atoms with van der Waals surface area (Å²) in [6, 6.07) is 8.21. The number of aliphatic hydroxyl groups is 2. The van der Waals surface area contributed by atoms with Crippen LogP contribution in [-0.4, -0.2) is 72.0 Å². The number of allylic oxidation sites excluding steroid dienone is 2. The minimum Gasteiger partial charge on any atom is -0.464 e. The minimum absolute atomic E-state index is 0.0120. The van der Waals surface area contributed by atoms with Crippen molar-refractivity contribution >= 4 is 17.6 Å². The van der Waals surface area contributed by atoms with Gasteiger partial charge in [-0.25, -0.2) is 0 Å². The van der Waals surface area contributed by atoms with Crippen molar-refractivity contribution in [3.63, 3.8) is 0 Å². The Morgan fingerprint density at radius 2 is 1.88 bits per heavy atom. The van der Waals surface area contributed by atoms with Gasteiger partial charge in [0.05, 0.1) is 25.4 Å². The highest BCUT2D eigenvalue weighted by molar-refractivity contribution is 6.21. The van der Waals surface area contributed by atoms with Crippen LogP contribution in [0.2, 0.25) is 0 Å². The number of halogens is 1. The average Bonchev–Trinajstić information content (AvgIpc) is 3.26. The average molecular weight is 576 g/mol. The summed E-state index contributed by atoms with van der Waals surface area (Å²) in [6.07, 6.45) is 15.3. The number of morpholine rings is 1. The first-order valence-corrected chi connectivity index (χ1v) is 16.2. The lowest BCUT2D eigenvalue weighted by Crippen LogP contribution is -2.38. The topological polar surface area (TPSA) is 79.2 Å². The highest BCUT2D eigenvalue weighted by Crippen LogP contribution is 2.45.